The maximum absolute atomic E-state index is 13.1. The standard InChI is InChI=1S/C23H29N3O2/c1-16-14-24-20(17(2)22(16)28-3)15-25-11-8-19(9-12-25)23(27)26-13-10-18-6-4-5-7-21(18)26/h4-7,14,19H,8-13,15H2,1-3H3. The number of pyridine rings is 1. The van der Waals surface area contributed by atoms with Gasteiger partial charge in [0.2, 0.25) is 5.91 Å². The second-order valence-electron chi connectivity index (χ2n) is 7.97. The minimum absolute atomic E-state index is 0.129. The average Bonchev–Trinajstić information content (AvgIpc) is 3.15. The summed E-state index contributed by atoms with van der Waals surface area (Å²) in [5.41, 5.74) is 5.67. The van der Waals surface area contributed by atoms with Crippen molar-refractivity contribution in [3.8, 4) is 5.75 Å². The summed E-state index contributed by atoms with van der Waals surface area (Å²) in [6.07, 6.45) is 4.70. The molecule has 0 atom stereocenters. The molecular weight excluding hydrogens is 350 g/mol. The minimum Gasteiger partial charge on any atom is -0.496 e. The summed E-state index contributed by atoms with van der Waals surface area (Å²) in [4.78, 5) is 22.1. The number of fused-ring (bicyclic) bond motifs is 1. The SMILES string of the molecule is COc1c(C)cnc(CN2CCC(C(=O)N3CCc4ccccc43)CC2)c1C. The molecule has 1 aromatic carbocycles. The van der Waals surface area contributed by atoms with Crippen LogP contribution >= 0.6 is 0 Å². The molecule has 1 aromatic heterocycles. The maximum atomic E-state index is 13.1. The fourth-order valence-electron chi connectivity index (χ4n) is 4.57. The predicted molar refractivity (Wildman–Crippen MR) is 111 cm³/mol. The summed E-state index contributed by atoms with van der Waals surface area (Å²) in [6.45, 7) is 7.61. The zero-order chi connectivity index (χ0) is 19.7. The highest BCUT2D eigenvalue weighted by Gasteiger charge is 2.32. The van der Waals surface area contributed by atoms with Crippen molar-refractivity contribution in [2.45, 2.75) is 39.7 Å². The molecule has 0 saturated carbocycles. The molecule has 2 aromatic rings. The quantitative estimate of drug-likeness (QED) is 0.816. The van der Waals surface area contributed by atoms with Gasteiger partial charge in [-0.1, -0.05) is 18.2 Å². The van der Waals surface area contributed by atoms with Gasteiger partial charge >= 0.3 is 0 Å². The van der Waals surface area contributed by atoms with E-state index in [1.807, 2.05) is 24.1 Å². The lowest BCUT2D eigenvalue weighted by Gasteiger charge is -2.33. The zero-order valence-corrected chi connectivity index (χ0v) is 17.1. The third-order valence-electron chi connectivity index (χ3n) is 6.21. The first kappa shape index (κ1) is 18.9. The number of carbonyl (C=O) groups is 1. The van der Waals surface area contributed by atoms with Gasteiger partial charge in [-0.25, -0.2) is 0 Å². The molecule has 28 heavy (non-hydrogen) atoms. The number of methoxy groups -OCH3 is 1. The van der Waals surface area contributed by atoms with Gasteiger partial charge in [-0.05, 0) is 57.8 Å². The summed E-state index contributed by atoms with van der Waals surface area (Å²) >= 11 is 0. The Bertz CT molecular complexity index is 872. The second-order valence-corrected chi connectivity index (χ2v) is 7.97. The minimum atomic E-state index is 0.129. The molecule has 0 N–H and O–H groups in total. The van der Waals surface area contributed by atoms with Crippen LogP contribution in [-0.2, 0) is 17.8 Å². The largest absolute Gasteiger partial charge is 0.496 e. The van der Waals surface area contributed by atoms with Gasteiger partial charge < -0.3 is 9.64 Å². The predicted octanol–water partition coefficient (Wildman–Crippen LogP) is 3.51. The van der Waals surface area contributed by atoms with E-state index in [0.29, 0.717) is 5.91 Å². The number of amides is 1. The van der Waals surface area contributed by atoms with Crippen LogP contribution in [-0.4, -0.2) is 42.5 Å². The summed E-state index contributed by atoms with van der Waals surface area (Å²) in [5, 5.41) is 0. The Hall–Kier alpha value is -2.40. The Labute approximate surface area is 167 Å². The van der Waals surface area contributed by atoms with Crippen LogP contribution in [0.4, 0.5) is 5.69 Å². The molecule has 1 fully saturated rings. The molecule has 5 nitrogen and oxygen atoms in total. The lowest BCUT2D eigenvalue weighted by molar-refractivity contribution is -0.123. The molecule has 1 saturated heterocycles. The van der Waals surface area contributed by atoms with Crippen LogP contribution in [0.2, 0.25) is 0 Å². The Morgan fingerprint density at radius 3 is 2.68 bits per heavy atom. The third kappa shape index (κ3) is 3.51. The van der Waals surface area contributed by atoms with Crippen molar-refractivity contribution in [3.63, 3.8) is 0 Å². The number of rotatable bonds is 4. The van der Waals surface area contributed by atoms with Crippen LogP contribution in [0.1, 0.15) is 35.2 Å². The van der Waals surface area contributed by atoms with Crippen molar-refractivity contribution in [2.75, 3.05) is 31.6 Å². The van der Waals surface area contributed by atoms with Crippen LogP contribution in [0, 0.1) is 19.8 Å². The normalized spacial score (nSPS) is 17.6. The molecule has 0 bridgehead atoms. The average molecular weight is 380 g/mol. The topological polar surface area (TPSA) is 45.7 Å². The summed E-state index contributed by atoms with van der Waals surface area (Å²) in [7, 11) is 1.72. The number of ether oxygens (including phenoxy) is 1. The number of benzene rings is 1. The highest BCUT2D eigenvalue weighted by atomic mass is 16.5. The number of hydrogen-bond donors (Lipinski definition) is 0. The molecule has 0 aliphatic carbocycles. The number of hydrogen-bond acceptors (Lipinski definition) is 4. The van der Waals surface area contributed by atoms with Crippen molar-refractivity contribution in [1.82, 2.24) is 9.88 Å². The Morgan fingerprint density at radius 2 is 1.93 bits per heavy atom. The van der Waals surface area contributed by atoms with Crippen molar-refractivity contribution in [2.24, 2.45) is 5.92 Å². The van der Waals surface area contributed by atoms with Crippen LogP contribution < -0.4 is 9.64 Å². The number of likely N-dealkylation sites (tertiary alicyclic amines) is 1. The van der Waals surface area contributed by atoms with E-state index >= 15 is 0 Å². The van der Waals surface area contributed by atoms with Crippen LogP contribution in [0.15, 0.2) is 30.5 Å². The van der Waals surface area contributed by atoms with E-state index in [4.69, 9.17) is 4.74 Å². The van der Waals surface area contributed by atoms with E-state index < -0.39 is 0 Å². The van der Waals surface area contributed by atoms with E-state index in [1.165, 1.54) is 5.56 Å². The fourth-order valence-corrected chi connectivity index (χ4v) is 4.57. The first-order chi connectivity index (χ1) is 13.6. The smallest absolute Gasteiger partial charge is 0.230 e. The molecule has 2 aliphatic rings. The molecule has 0 unspecified atom stereocenters. The molecule has 148 valence electrons. The first-order valence-electron chi connectivity index (χ1n) is 10.2. The lowest BCUT2D eigenvalue weighted by Crippen LogP contribution is -2.42. The van der Waals surface area contributed by atoms with Gasteiger partial charge in [0.15, 0.2) is 0 Å². The van der Waals surface area contributed by atoms with Gasteiger partial charge in [0.25, 0.3) is 0 Å². The summed E-state index contributed by atoms with van der Waals surface area (Å²) in [5.74, 6) is 1.36. The Morgan fingerprint density at radius 1 is 1.18 bits per heavy atom. The fraction of sp³-hybridized carbons (Fsp3) is 0.478. The molecule has 3 heterocycles. The van der Waals surface area contributed by atoms with Gasteiger partial charge in [0.1, 0.15) is 5.75 Å². The Balaban J connectivity index is 1.37. The molecular formula is C23H29N3O2. The number of aromatic nitrogens is 1. The van der Waals surface area contributed by atoms with Gasteiger partial charge in [0.05, 0.1) is 12.8 Å². The lowest BCUT2D eigenvalue weighted by atomic mass is 9.95. The van der Waals surface area contributed by atoms with E-state index in [0.717, 1.165) is 73.7 Å². The van der Waals surface area contributed by atoms with Crippen LogP contribution in [0.5, 0.6) is 5.75 Å². The number of piperidine rings is 1. The Kier molecular flexibility index (Phi) is 5.36. The highest BCUT2D eigenvalue weighted by Crippen LogP contribution is 2.31. The number of para-hydroxylation sites is 1. The van der Waals surface area contributed by atoms with E-state index in [1.54, 1.807) is 7.11 Å². The van der Waals surface area contributed by atoms with Crippen LogP contribution in [0.3, 0.4) is 0 Å². The number of carbonyl (C=O) groups excluding carboxylic acids is 1. The van der Waals surface area contributed by atoms with Crippen molar-refractivity contribution in [1.29, 1.82) is 0 Å². The molecule has 0 spiro atoms. The van der Waals surface area contributed by atoms with Crippen molar-refractivity contribution < 1.29 is 9.53 Å². The summed E-state index contributed by atoms with van der Waals surface area (Å²) in [6, 6.07) is 8.30. The van der Waals surface area contributed by atoms with Crippen molar-refractivity contribution in [3.05, 3.63) is 52.8 Å². The van der Waals surface area contributed by atoms with E-state index in [2.05, 4.69) is 35.0 Å². The zero-order valence-electron chi connectivity index (χ0n) is 17.1. The number of anilines is 1. The third-order valence-corrected chi connectivity index (χ3v) is 6.21. The van der Waals surface area contributed by atoms with Gasteiger partial charge in [0, 0.05) is 42.0 Å². The van der Waals surface area contributed by atoms with Crippen LogP contribution in [0.25, 0.3) is 0 Å². The van der Waals surface area contributed by atoms with E-state index in [-0.39, 0.29) is 5.92 Å². The van der Waals surface area contributed by atoms with Crippen molar-refractivity contribution >= 4 is 11.6 Å². The van der Waals surface area contributed by atoms with Gasteiger partial charge in [-0.15, -0.1) is 0 Å². The molecule has 2 aliphatic heterocycles. The summed E-state index contributed by atoms with van der Waals surface area (Å²) < 4.78 is 5.53. The molecule has 4 rings (SSSR count). The number of nitrogens with zero attached hydrogens (tertiary/aromatic N) is 3. The second kappa shape index (κ2) is 7.92. The highest BCUT2D eigenvalue weighted by molar-refractivity contribution is 5.97. The molecule has 5 heteroatoms. The molecule has 1 amide bonds. The van der Waals surface area contributed by atoms with Gasteiger partial charge in [-0.2, -0.15) is 0 Å². The maximum Gasteiger partial charge on any atom is 0.230 e. The first-order valence-corrected chi connectivity index (χ1v) is 10.2. The number of aryl methyl sites for hydroxylation is 1. The van der Waals surface area contributed by atoms with E-state index in [9.17, 15) is 4.79 Å². The van der Waals surface area contributed by atoms with Gasteiger partial charge in [-0.3, -0.25) is 14.7 Å². The molecule has 0 radical (unpaired) electrons. The monoisotopic (exact) mass is 379 g/mol.